The Bertz CT molecular complexity index is 941. The average molecular weight is 340 g/mol. The summed E-state index contributed by atoms with van der Waals surface area (Å²) < 4.78 is 16.4. The number of benzene rings is 1. The van der Waals surface area contributed by atoms with Crippen LogP contribution in [0.25, 0.3) is 11.3 Å². The van der Waals surface area contributed by atoms with Crippen molar-refractivity contribution < 1.29 is 18.7 Å². The molecule has 0 atom stereocenters. The Morgan fingerprint density at radius 3 is 2.52 bits per heavy atom. The molecule has 128 valence electrons. The maximum atomic E-state index is 12.1. The number of furan rings is 1. The van der Waals surface area contributed by atoms with Crippen LogP contribution in [-0.4, -0.2) is 30.0 Å². The normalized spacial score (nSPS) is 10.5. The lowest BCUT2D eigenvalue weighted by molar-refractivity contribution is 0.0562. The number of esters is 1. The molecule has 25 heavy (non-hydrogen) atoms. The smallest absolute Gasteiger partial charge is 0.373 e. The molecular weight excluding hydrogens is 324 g/mol. The van der Waals surface area contributed by atoms with Gasteiger partial charge in [0.05, 0.1) is 19.9 Å². The molecular formula is C18H16N2O5. The Morgan fingerprint density at radius 2 is 1.84 bits per heavy atom. The molecule has 0 saturated heterocycles. The van der Waals surface area contributed by atoms with Crippen molar-refractivity contribution in [2.45, 2.75) is 6.54 Å². The zero-order valence-electron chi connectivity index (χ0n) is 13.8. The van der Waals surface area contributed by atoms with E-state index in [1.54, 1.807) is 19.2 Å². The summed E-state index contributed by atoms with van der Waals surface area (Å²) in [7, 11) is 2.87. The Kier molecular flexibility index (Phi) is 4.65. The zero-order valence-corrected chi connectivity index (χ0v) is 13.8. The second-order valence-corrected chi connectivity index (χ2v) is 5.20. The van der Waals surface area contributed by atoms with Crippen molar-refractivity contribution in [3.8, 4) is 17.0 Å². The van der Waals surface area contributed by atoms with Gasteiger partial charge in [-0.1, -0.05) is 0 Å². The highest BCUT2D eigenvalue weighted by molar-refractivity contribution is 5.86. The van der Waals surface area contributed by atoms with Gasteiger partial charge in [-0.2, -0.15) is 5.10 Å². The van der Waals surface area contributed by atoms with Crippen LogP contribution >= 0.6 is 0 Å². The molecule has 0 aliphatic carbocycles. The van der Waals surface area contributed by atoms with Gasteiger partial charge in [0.15, 0.2) is 0 Å². The van der Waals surface area contributed by atoms with Gasteiger partial charge in [-0.3, -0.25) is 4.79 Å². The molecule has 0 bridgehead atoms. The fourth-order valence-electron chi connectivity index (χ4n) is 2.30. The molecule has 0 spiro atoms. The van der Waals surface area contributed by atoms with Crippen LogP contribution in [-0.2, 0) is 11.3 Å². The first-order valence-electron chi connectivity index (χ1n) is 7.50. The summed E-state index contributed by atoms with van der Waals surface area (Å²) in [6.45, 7) is 0.111. The lowest BCUT2D eigenvalue weighted by Gasteiger charge is -2.06. The van der Waals surface area contributed by atoms with E-state index < -0.39 is 5.97 Å². The minimum Gasteiger partial charge on any atom is -0.497 e. The Hall–Kier alpha value is -3.35. The van der Waals surface area contributed by atoms with Crippen LogP contribution < -0.4 is 10.3 Å². The van der Waals surface area contributed by atoms with Crippen molar-refractivity contribution in [1.82, 2.24) is 9.78 Å². The Labute approximate surface area is 143 Å². The average Bonchev–Trinajstić information content (AvgIpc) is 3.11. The van der Waals surface area contributed by atoms with Crippen LogP contribution in [0.3, 0.4) is 0 Å². The lowest BCUT2D eigenvalue weighted by atomic mass is 10.1. The van der Waals surface area contributed by atoms with Gasteiger partial charge in [-0.25, -0.2) is 9.48 Å². The van der Waals surface area contributed by atoms with Gasteiger partial charge in [0.1, 0.15) is 18.1 Å². The zero-order chi connectivity index (χ0) is 17.8. The first-order chi connectivity index (χ1) is 12.1. The molecule has 0 fully saturated rings. The summed E-state index contributed by atoms with van der Waals surface area (Å²) >= 11 is 0. The van der Waals surface area contributed by atoms with Crippen molar-refractivity contribution in [3.05, 3.63) is 70.4 Å². The van der Waals surface area contributed by atoms with Gasteiger partial charge in [-0.15, -0.1) is 0 Å². The van der Waals surface area contributed by atoms with Crippen LogP contribution in [0.15, 0.2) is 57.7 Å². The quantitative estimate of drug-likeness (QED) is 0.663. The number of aromatic nitrogens is 2. The molecule has 7 heteroatoms. The van der Waals surface area contributed by atoms with Crippen molar-refractivity contribution in [3.63, 3.8) is 0 Å². The van der Waals surface area contributed by atoms with E-state index in [2.05, 4.69) is 9.84 Å². The molecule has 0 aliphatic heterocycles. The van der Waals surface area contributed by atoms with Gasteiger partial charge >= 0.3 is 5.97 Å². The standard InChI is InChI=1S/C18H16N2O5/c1-23-13-5-3-12(4-6-13)15-8-10-17(21)20(19-15)11-14-7-9-16(25-14)18(22)24-2/h3-10H,11H2,1-2H3. The van der Waals surface area contributed by atoms with Crippen molar-refractivity contribution in [2.24, 2.45) is 0 Å². The van der Waals surface area contributed by atoms with Gasteiger partial charge in [0.25, 0.3) is 5.56 Å². The highest BCUT2D eigenvalue weighted by Gasteiger charge is 2.12. The fraction of sp³-hybridized carbons (Fsp3) is 0.167. The third-order valence-corrected chi connectivity index (χ3v) is 3.61. The van der Waals surface area contributed by atoms with Gasteiger partial charge in [0.2, 0.25) is 5.76 Å². The molecule has 2 heterocycles. The number of rotatable bonds is 5. The Morgan fingerprint density at radius 1 is 1.08 bits per heavy atom. The summed E-state index contributed by atoms with van der Waals surface area (Å²) in [6.07, 6.45) is 0. The summed E-state index contributed by atoms with van der Waals surface area (Å²) in [5, 5.41) is 4.35. The molecule has 0 aliphatic rings. The van der Waals surface area contributed by atoms with E-state index in [0.29, 0.717) is 11.5 Å². The van der Waals surface area contributed by atoms with Crippen LogP contribution in [0.1, 0.15) is 16.3 Å². The molecule has 2 aromatic heterocycles. The molecule has 0 unspecified atom stereocenters. The highest BCUT2D eigenvalue weighted by atomic mass is 16.5. The van der Waals surface area contributed by atoms with E-state index in [9.17, 15) is 9.59 Å². The first-order valence-corrected chi connectivity index (χ1v) is 7.50. The summed E-state index contributed by atoms with van der Waals surface area (Å²) in [5.74, 6) is 0.681. The number of ether oxygens (including phenoxy) is 2. The van der Waals surface area contributed by atoms with E-state index in [1.165, 1.54) is 23.9 Å². The number of nitrogens with zero attached hydrogens (tertiary/aromatic N) is 2. The van der Waals surface area contributed by atoms with Gasteiger partial charge < -0.3 is 13.9 Å². The molecule has 0 radical (unpaired) electrons. The van der Waals surface area contributed by atoms with Gasteiger partial charge in [-0.05, 0) is 42.5 Å². The maximum absolute atomic E-state index is 12.1. The first kappa shape index (κ1) is 16.5. The molecule has 0 saturated carbocycles. The number of carbonyl (C=O) groups excluding carboxylic acids is 1. The highest BCUT2D eigenvalue weighted by Crippen LogP contribution is 2.19. The van der Waals surface area contributed by atoms with Crippen LogP contribution in [0.5, 0.6) is 5.75 Å². The van der Waals surface area contributed by atoms with Crippen LogP contribution in [0, 0.1) is 0 Å². The predicted molar refractivity (Wildman–Crippen MR) is 89.6 cm³/mol. The van der Waals surface area contributed by atoms with E-state index in [1.807, 2.05) is 24.3 Å². The van der Waals surface area contributed by atoms with Crippen molar-refractivity contribution in [2.75, 3.05) is 14.2 Å². The summed E-state index contributed by atoms with van der Waals surface area (Å²) in [5.41, 5.74) is 1.22. The van der Waals surface area contributed by atoms with Crippen LogP contribution in [0.4, 0.5) is 0 Å². The summed E-state index contributed by atoms with van der Waals surface area (Å²) in [4.78, 5) is 23.5. The van der Waals surface area contributed by atoms with Gasteiger partial charge in [0, 0.05) is 11.6 Å². The second-order valence-electron chi connectivity index (χ2n) is 5.20. The minimum absolute atomic E-state index is 0.0804. The maximum Gasteiger partial charge on any atom is 0.373 e. The number of methoxy groups -OCH3 is 2. The predicted octanol–water partition coefficient (Wildman–Crippen LogP) is 2.35. The van der Waals surface area contributed by atoms with Crippen molar-refractivity contribution >= 4 is 5.97 Å². The molecule has 3 rings (SSSR count). The molecule has 1 aromatic carbocycles. The van der Waals surface area contributed by atoms with Crippen molar-refractivity contribution in [1.29, 1.82) is 0 Å². The third-order valence-electron chi connectivity index (χ3n) is 3.61. The second kappa shape index (κ2) is 7.04. The van der Waals surface area contributed by atoms with E-state index in [4.69, 9.17) is 9.15 Å². The van der Waals surface area contributed by atoms with E-state index >= 15 is 0 Å². The van der Waals surface area contributed by atoms with E-state index in [0.717, 1.165) is 11.3 Å². The topological polar surface area (TPSA) is 83.6 Å². The summed E-state index contributed by atoms with van der Waals surface area (Å²) in [6, 6.07) is 13.6. The SMILES string of the molecule is COC(=O)c1ccc(Cn2nc(-c3ccc(OC)cc3)ccc2=O)o1. The Balaban J connectivity index is 1.87. The molecule has 0 amide bonds. The number of carbonyl (C=O) groups is 1. The monoisotopic (exact) mass is 340 g/mol. The number of hydrogen-bond donors (Lipinski definition) is 0. The van der Waals surface area contributed by atoms with Crippen LogP contribution in [0.2, 0.25) is 0 Å². The largest absolute Gasteiger partial charge is 0.497 e. The third kappa shape index (κ3) is 3.60. The molecule has 3 aromatic rings. The fourth-order valence-corrected chi connectivity index (χ4v) is 2.30. The minimum atomic E-state index is -0.571. The molecule has 0 N–H and O–H groups in total. The number of hydrogen-bond acceptors (Lipinski definition) is 6. The molecule has 7 nitrogen and oxygen atoms in total. The lowest BCUT2D eigenvalue weighted by Crippen LogP contribution is -2.22. The van der Waals surface area contributed by atoms with E-state index in [-0.39, 0.29) is 17.9 Å².